The molecule has 6 heteroatoms. The highest BCUT2D eigenvalue weighted by Crippen LogP contribution is 2.26. The first-order chi connectivity index (χ1) is 12.4. The Morgan fingerprint density at radius 3 is 2.42 bits per heavy atom. The highest BCUT2D eigenvalue weighted by atomic mass is 79.9. The lowest BCUT2D eigenvalue weighted by atomic mass is 10.1. The Hall–Kier alpha value is -2.47. The van der Waals surface area contributed by atoms with Gasteiger partial charge < -0.3 is 9.64 Å². The number of ketones is 1. The van der Waals surface area contributed by atoms with Crippen LogP contribution in [-0.2, 0) is 14.3 Å². The number of Topliss-reactive ketones (excluding diaryl/α,β-unsaturated/α-hetero) is 1. The molecule has 2 aromatic carbocycles. The van der Waals surface area contributed by atoms with Gasteiger partial charge >= 0.3 is 5.97 Å². The van der Waals surface area contributed by atoms with E-state index in [-0.39, 0.29) is 31.3 Å². The van der Waals surface area contributed by atoms with Crippen LogP contribution in [0, 0.1) is 12.8 Å². The highest BCUT2D eigenvalue weighted by molar-refractivity contribution is 9.10. The van der Waals surface area contributed by atoms with Crippen LogP contribution in [0.15, 0.2) is 53.0 Å². The van der Waals surface area contributed by atoms with Gasteiger partial charge in [-0.1, -0.05) is 45.8 Å². The van der Waals surface area contributed by atoms with Crippen LogP contribution in [0.4, 0.5) is 5.69 Å². The fourth-order valence-corrected chi connectivity index (χ4v) is 3.08. The molecule has 0 radical (unpaired) electrons. The van der Waals surface area contributed by atoms with E-state index < -0.39 is 11.9 Å². The Labute approximate surface area is 160 Å². The Kier molecular flexibility index (Phi) is 5.52. The van der Waals surface area contributed by atoms with Crippen LogP contribution in [-0.4, -0.2) is 30.8 Å². The minimum absolute atomic E-state index is 0.0964. The maximum Gasteiger partial charge on any atom is 0.311 e. The summed E-state index contributed by atoms with van der Waals surface area (Å²) in [5.74, 6) is -1.46. The number of carbonyl (C=O) groups is 3. The van der Waals surface area contributed by atoms with E-state index in [1.54, 1.807) is 29.2 Å². The molecular formula is C20H18BrNO4. The molecule has 1 unspecified atom stereocenters. The number of amides is 1. The minimum atomic E-state index is -0.554. The van der Waals surface area contributed by atoms with Crippen molar-refractivity contribution in [2.24, 2.45) is 5.92 Å². The molecule has 1 fully saturated rings. The molecule has 1 aliphatic rings. The molecule has 0 spiro atoms. The van der Waals surface area contributed by atoms with Gasteiger partial charge in [0.1, 0.15) is 0 Å². The molecule has 0 saturated carbocycles. The van der Waals surface area contributed by atoms with E-state index in [2.05, 4.69) is 15.9 Å². The lowest BCUT2D eigenvalue weighted by Gasteiger charge is -2.16. The molecule has 2 aromatic rings. The van der Waals surface area contributed by atoms with Crippen LogP contribution >= 0.6 is 15.9 Å². The molecule has 1 aliphatic heterocycles. The number of halogens is 1. The number of hydrogen-bond acceptors (Lipinski definition) is 4. The number of anilines is 1. The predicted molar refractivity (Wildman–Crippen MR) is 101 cm³/mol. The summed E-state index contributed by atoms with van der Waals surface area (Å²) >= 11 is 3.30. The standard InChI is InChI=1S/C20H18BrNO4/c1-13-2-8-17(9-3-13)22-11-15(10-19(22)24)20(25)26-12-18(23)14-4-6-16(21)7-5-14/h2-9,15H,10-12H2,1H3. The normalized spacial score (nSPS) is 16.6. The summed E-state index contributed by atoms with van der Waals surface area (Å²) < 4.78 is 6.01. The molecule has 1 saturated heterocycles. The van der Waals surface area contributed by atoms with E-state index in [9.17, 15) is 14.4 Å². The fourth-order valence-electron chi connectivity index (χ4n) is 2.81. The second-order valence-electron chi connectivity index (χ2n) is 6.28. The van der Waals surface area contributed by atoms with Gasteiger partial charge in [0.15, 0.2) is 12.4 Å². The summed E-state index contributed by atoms with van der Waals surface area (Å²) in [6.45, 7) is 1.92. The van der Waals surface area contributed by atoms with Crippen molar-refractivity contribution in [3.63, 3.8) is 0 Å². The van der Waals surface area contributed by atoms with Gasteiger partial charge in [-0.2, -0.15) is 0 Å². The second kappa shape index (κ2) is 7.83. The van der Waals surface area contributed by atoms with Gasteiger partial charge in [0, 0.05) is 28.7 Å². The molecule has 1 atom stereocenters. The average Bonchev–Trinajstić information content (AvgIpc) is 3.02. The van der Waals surface area contributed by atoms with E-state index >= 15 is 0 Å². The van der Waals surface area contributed by atoms with Crippen molar-refractivity contribution in [3.8, 4) is 0 Å². The Morgan fingerprint density at radius 2 is 1.77 bits per heavy atom. The number of carbonyl (C=O) groups excluding carboxylic acids is 3. The summed E-state index contributed by atoms with van der Waals surface area (Å²) in [5, 5.41) is 0. The molecule has 0 aliphatic carbocycles. The van der Waals surface area contributed by atoms with Crippen LogP contribution in [0.25, 0.3) is 0 Å². The molecule has 5 nitrogen and oxygen atoms in total. The zero-order valence-electron chi connectivity index (χ0n) is 14.3. The molecule has 26 heavy (non-hydrogen) atoms. The van der Waals surface area contributed by atoms with E-state index in [0.717, 1.165) is 15.7 Å². The first kappa shape index (κ1) is 18.3. The Morgan fingerprint density at radius 1 is 1.12 bits per heavy atom. The first-order valence-corrected chi connectivity index (χ1v) is 9.06. The number of benzene rings is 2. The molecular weight excluding hydrogens is 398 g/mol. The third-order valence-corrected chi connectivity index (χ3v) is 4.84. The van der Waals surface area contributed by atoms with E-state index in [1.165, 1.54) is 0 Å². The van der Waals surface area contributed by atoms with Crippen LogP contribution in [0.1, 0.15) is 22.3 Å². The van der Waals surface area contributed by atoms with Crippen molar-refractivity contribution >= 4 is 39.3 Å². The van der Waals surface area contributed by atoms with Crippen LogP contribution in [0.3, 0.4) is 0 Å². The summed E-state index contributed by atoms with van der Waals surface area (Å²) in [6, 6.07) is 14.4. The van der Waals surface area contributed by atoms with Gasteiger partial charge in [0.05, 0.1) is 5.92 Å². The second-order valence-corrected chi connectivity index (χ2v) is 7.19. The zero-order chi connectivity index (χ0) is 18.7. The molecule has 134 valence electrons. The van der Waals surface area contributed by atoms with Crippen LogP contribution in [0.5, 0.6) is 0 Å². The van der Waals surface area contributed by atoms with E-state index in [1.807, 2.05) is 31.2 Å². The van der Waals surface area contributed by atoms with Gasteiger partial charge in [0.2, 0.25) is 5.91 Å². The third-order valence-electron chi connectivity index (χ3n) is 4.32. The molecule has 0 bridgehead atoms. The summed E-state index contributed by atoms with van der Waals surface area (Å²) in [7, 11) is 0. The van der Waals surface area contributed by atoms with Crippen molar-refractivity contribution in [2.75, 3.05) is 18.1 Å². The smallest absolute Gasteiger partial charge is 0.311 e. The van der Waals surface area contributed by atoms with Gasteiger partial charge in [-0.15, -0.1) is 0 Å². The number of rotatable bonds is 5. The van der Waals surface area contributed by atoms with Gasteiger partial charge in [-0.3, -0.25) is 14.4 Å². The first-order valence-electron chi connectivity index (χ1n) is 8.26. The van der Waals surface area contributed by atoms with Gasteiger partial charge in [0.25, 0.3) is 0 Å². The Bertz CT molecular complexity index is 830. The fraction of sp³-hybridized carbons (Fsp3) is 0.250. The molecule has 3 rings (SSSR count). The summed E-state index contributed by atoms with van der Waals surface area (Å²) in [6.07, 6.45) is 0.0964. The van der Waals surface area contributed by atoms with Crippen molar-refractivity contribution in [1.82, 2.24) is 0 Å². The number of esters is 1. The lowest BCUT2D eigenvalue weighted by molar-refractivity contribution is -0.147. The van der Waals surface area contributed by atoms with Gasteiger partial charge in [-0.05, 0) is 31.2 Å². The molecule has 0 N–H and O–H groups in total. The number of hydrogen-bond donors (Lipinski definition) is 0. The lowest BCUT2D eigenvalue weighted by Crippen LogP contribution is -2.27. The average molecular weight is 416 g/mol. The van der Waals surface area contributed by atoms with Crippen molar-refractivity contribution in [1.29, 1.82) is 0 Å². The number of nitrogens with zero attached hydrogens (tertiary/aromatic N) is 1. The Balaban J connectivity index is 1.57. The number of ether oxygens (including phenoxy) is 1. The quantitative estimate of drug-likeness (QED) is 0.553. The molecule has 0 aromatic heterocycles. The SMILES string of the molecule is Cc1ccc(N2CC(C(=O)OCC(=O)c3ccc(Br)cc3)CC2=O)cc1. The van der Waals surface area contributed by atoms with Crippen LogP contribution < -0.4 is 4.90 Å². The maximum atomic E-state index is 12.3. The largest absolute Gasteiger partial charge is 0.457 e. The van der Waals surface area contributed by atoms with Crippen molar-refractivity contribution < 1.29 is 19.1 Å². The third kappa shape index (κ3) is 4.19. The van der Waals surface area contributed by atoms with Crippen molar-refractivity contribution in [2.45, 2.75) is 13.3 Å². The van der Waals surface area contributed by atoms with Crippen LogP contribution in [0.2, 0.25) is 0 Å². The number of aryl methyl sites for hydroxylation is 1. The summed E-state index contributed by atoms with van der Waals surface area (Å²) in [4.78, 5) is 38.1. The monoisotopic (exact) mass is 415 g/mol. The van der Waals surface area contributed by atoms with E-state index in [4.69, 9.17) is 4.74 Å². The highest BCUT2D eigenvalue weighted by Gasteiger charge is 2.36. The maximum absolute atomic E-state index is 12.3. The van der Waals surface area contributed by atoms with Crippen molar-refractivity contribution in [3.05, 3.63) is 64.1 Å². The molecule has 1 amide bonds. The van der Waals surface area contributed by atoms with E-state index in [0.29, 0.717) is 5.56 Å². The predicted octanol–water partition coefficient (Wildman–Crippen LogP) is 3.54. The topological polar surface area (TPSA) is 63.7 Å². The van der Waals surface area contributed by atoms with Gasteiger partial charge in [-0.25, -0.2) is 0 Å². The minimum Gasteiger partial charge on any atom is -0.457 e. The summed E-state index contributed by atoms with van der Waals surface area (Å²) in [5.41, 5.74) is 2.34. The molecule has 1 heterocycles. The zero-order valence-corrected chi connectivity index (χ0v) is 15.9.